The second-order valence-corrected chi connectivity index (χ2v) is 6.74. The van der Waals surface area contributed by atoms with E-state index in [4.69, 9.17) is 0 Å². The Morgan fingerprint density at radius 2 is 2.04 bits per heavy atom. The first-order chi connectivity index (χ1) is 12.3. The first-order valence-electron chi connectivity index (χ1n) is 9.34. The number of unbranched alkanes of at least 4 members (excludes halogenated alkanes) is 1. The van der Waals surface area contributed by atoms with Crippen molar-refractivity contribution >= 4 is 0 Å². The molecular formula is C21H28N4. The lowest BCUT2D eigenvalue weighted by molar-refractivity contribution is 0.188. The summed E-state index contributed by atoms with van der Waals surface area (Å²) in [5.41, 5.74) is 3.58. The summed E-state index contributed by atoms with van der Waals surface area (Å²) in [7, 11) is 0. The number of imidazole rings is 1. The van der Waals surface area contributed by atoms with Crippen molar-refractivity contribution in [3.8, 4) is 11.8 Å². The Morgan fingerprint density at radius 3 is 2.72 bits per heavy atom. The average molecular weight is 336 g/mol. The number of H-pyrrole nitrogens is 1. The van der Waals surface area contributed by atoms with E-state index < -0.39 is 0 Å². The van der Waals surface area contributed by atoms with E-state index in [1.165, 1.54) is 18.4 Å². The molecule has 3 rings (SSSR count). The summed E-state index contributed by atoms with van der Waals surface area (Å²) in [6.45, 7) is 6.32. The van der Waals surface area contributed by atoms with Crippen LogP contribution in [0.2, 0.25) is 0 Å². The van der Waals surface area contributed by atoms with Crippen LogP contribution in [0.25, 0.3) is 0 Å². The number of hydrogen-bond acceptors (Lipinski definition) is 3. The molecular weight excluding hydrogens is 308 g/mol. The molecule has 0 atom stereocenters. The summed E-state index contributed by atoms with van der Waals surface area (Å²) in [5.74, 6) is 6.42. The quantitative estimate of drug-likeness (QED) is 0.796. The molecule has 1 saturated heterocycles. The summed E-state index contributed by atoms with van der Waals surface area (Å²) >= 11 is 0. The van der Waals surface area contributed by atoms with Gasteiger partial charge in [-0.25, -0.2) is 4.98 Å². The molecule has 1 aliphatic rings. The van der Waals surface area contributed by atoms with E-state index in [2.05, 4.69) is 63.2 Å². The first-order valence-corrected chi connectivity index (χ1v) is 9.34. The van der Waals surface area contributed by atoms with Gasteiger partial charge in [-0.05, 0) is 37.0 Å². The van der Waals surface area contributed by atoms with E-state index in [1.807, 2.05) is 6.20 Å². The van der Waals surface area contributed by atoms with Crippen LogP contribution in [0.4, 0.5) is 0 Å². The van der Waals surface area contributed by atoms with Crippen LogP contribution in [0.15, 0.2) is 36.8 Å². The van der Waals surface area contributed by atoms with Crippen molar-refractivity contribution in [2.24, 2.45) is 0 Å². The molecule has 1 fully saturated rings. The molecule has 0 unspecified atom stereocenters. The van der Waals surface area contributed by atoms with Crippen molar-refractivity contribution in [3.63, 3.8) is 0 Å². The van der Waals surface area contributed by atoms with Crippen LogP contribution in [0.3, 0.4) is 0 Å². The fourth-order valence-electron chi connectivity index (χ4n) is 3.16. The molecule has 0 amide bonds. The van der Waals surface area contributed by atoms with Crippen LogP contribution in [-0.2, 0) is 13.1 Å². The van der Waals surface area contributed by atoms with Crippen LogP contribution in [-0.4, -0.2) is 34.0 Å². The SMILES string of the molecule is CCCC#Cc1ccc(CNC2CCN(Cc3c[nH]cn3)CC2)cc1. The fourth-order valence-corrected chi connectivity index (χ4v) is 3.16. The monoisotopic (exact) mass is 336 g/mol. The number of piperidine rings is 1. The molecule has 4 nitrogen and oxygen atoms in total. The largest absolute Gasteiger partial charge is 0.351 e. The molecule has 132 valence electrons. The predicted octanol–water partition coefficient (Wildman–Crippen LogP) is 3.32. The zero-order valence-corrected chi connectivity index (χ0v) is 15.1. The summed E-state index contributed by atoms with van der Waals surface area (Å²) in [4.78, 5) is 9.82. The van der Waals surface area contributed by atoms with Crippen molar-refractivity contribution in [2.45, 2.75) is 51.7 Å². The maximum absolute atomic E-state index is 4.31. The first kappa shape index (κ1) is 17.7. The second-order valence-electron chi connectivity index (χ2n) is 6.74. The van der Waals surface area contributed by atoms with E-state index in [0.717, 1.165) is 50.3 Å². The number of nitrogens with zero attached hydrogens (tertiary/aromatic N) is 2. The van der Waals surface area contributed by atoms with Gasteiger partial charge < -0.3 is 10.3 Å². The molecule has 1 aliphatic heterocycles. The topological polar surface area (TPSA) is 44.0 Å². The highest BCUT2D eigenvalue weighted by Gasteiger charge is 2.19. The number of hydrogen-bond donors (Lipinski definition) is 2. The lowest BCUT2D eigenvalue weighted by Gasteiger charge is -2.32. The Labute approximate surface area is 151 Å². The standard InChI is InChI=1S/C21H28N4/c1-2-3-4-5-18-6-8-19(9-7-18)14-23-20-10-12-25(13-11-20)16-21-15-22-17-24-21/h6-9,15,17,20,23H,2-3,10-14,16H2,1H3,(H,22,24). The Kier molecular flexibility index (Phi) is 6.67. The van der Waals surface area contributed by atoms with Crippen molar-refractivity contribution in [1.29, 1.82) is 0 Å². The summed E-state index contributed by atoms with van der Waals surface area (Å²) in [5, 5.41) is 3.70. The van der Waals surface area contributed by atoms with Gasteiger partial charge in [-0.3, -0.25) is 4.90 Å². The lowest BCUT2D eigenvalue weighted by Crippen LogP contribution is -2.41. The van der Waals surface area contributed by atoms with Crippen molar-refractivity contribution < 1.29 is 0 Å². The van der Waals surface area contributed by atoms with Crippen LogP contribution < -0.4 is 5.32 Å². The highest BCUT2D eigenvalue weighted by atomic mass is 15.2. The maximum atomic E-state index is 4.31. The molecule has 0 radical (unpaired) electrons. The third-order valence-electron chi connectivity index (χ3n) is 4.68. The smallest absolute Gasteiger partial charge is 0.0923 e. The van der Waals surface area contributed by atoms with Gasteiger partial charge in [0.05, 0.1) is 12.0 Å². The number of aromatic amines is 1. The van der Waals surface area contributed by atoms with Crippen LogP contribution >= 0.6 is 0 Å². The molecule has 0 aliphatic carbocycles. The third-order valence-corrected chi connectivity index (χ3v) is 4.68. The van der Waals surface area contributed by atoms with Crippen molar-refractivity contribution in [2.75, 3.05) is 13.1 Å². The number of benzene rings is 1. The van der Waals surface area contributed by atoms with Gasteiger partial charge in [0.1, 0.15) is 0 Å². The molecule has 0 bridgehead atoms. The lowest BCUT2D eigenvalue weighted by atomic mass is 10.0. The van der Waals surface area contributed by atoms with E-state index in [0.29, 0.717) is 6.04 Å². The Hall–Kier alpha value is -2.09. The van der Waals surface area contributed by atoms with Gasteiger partial charge in [-0.15, -0.1) is 0 Å². The van der Waals surface area contributed by atoms with Gasteiger partial charge in [-0.1, -0.05) is 30.9 Å². The van der Waals surface area contributed by atoms with Gasteiger partial charge in [0, 0.05) is 50.4 Å². The van der Waals surface area contributed by atoms with E-state index >= 15 is 0 Å². The summed E-state index contributed by atoms with van der Waals surface area (Å²) in [6.07, 6.45) is 8.23. The van der Waals surface area contributed by atoms with Gasteiger partial charge >= 0.3 is 0 Å². The molecule has 0 saturated carbocycles. The third kappa shape index (κ3) is 5.74. The molecule has 2 heterocycles. The minimum Gasteiger partial charge on any atom is -0.351 e. The molecule has 0 spiro atoms. The molecule has 2 aromatic rings. The number of nitrogens with one attached hydrogen (secondary N) is 2. The molecule has 4 heteroatoms. The zero-order chi connectivity index (χ0) is 17.3. The molecule has 1 aromatic carbocycles. The molecule has 1 aromatic heterocycles. The van der Waals surface area contributed by atoms with E-state index in [-0.39, 0.29) is 0 Å². The molecule has 25 heavy (non-hydrogen) atoms. The van der Waals surface area contributed by atoms with Crippen molar-refractivity contribution in [3.05, 3.63) is 53.6 Å². The number of rotatable bonds is 6. The summed E-state index contributed by atoms with van der Waals surface area (Å²) < 4.78 is 0. The highest BCUT2D eigenvalue weighted by molar-refractivity contribution is 5.36. The minimum absolute atomic E-state index is 0.611. The zero-order valence-electron chi connectivity index (χ0n) is 15.1. The maximum Gasteiger partial charge on any atom is 0.0923 e. The van der Waals surface area contributed by atoms with E-state index in [9.17, 15) is 0 Å². The summed E-state index contributed by atoms with van der Waals surface area (Å²) in [6, 6.07) is 9.25. The Bertz CT molecular complexity index is 671. The number of likely N-dealkylation sites (tertiary alicyclic amines) is 1. The minimum atomic E-state index is 0.611. The van der Waals surface area contributed by atoms with Crippen LogP contribution in [0, 0.1) is 11.8 Å². The molecule has 2 N–H and O–H groups in total. The average Bonchev–Trinajstić information content (AvgIpc) is 3.15. The second kappa shape index (κ2) is 9.41. The highest BCUT2D eigenvalue weighted by Crippen LogP contribution is 2.13. The fraction of sp³-hybridized carbons (Fsp3) is 0.476. The van der Waals surface area contributed by atoms with Gasteiger partial charge in [-0.2, -0.15) is 0 Å². The van der Waals surface area contributed by atoms with Gasteiger partial charge in [0.2, 0.25) is 0 Å². The normalized spacial score (nSPS) is 15.7. The van der Waals surface area contributed by atoms with Crippen molar-refractivity contribution in [1.82, 2.24) is 20.2 Å². The Morgan fingerprint density at radius 1 is 1.24 bits per heavy atom. The van der Waals surface area contributed by atoms with Crippen LogP contribution in [0.5, 0.6) is 0 Å². The van der Waals surface area contributed by atoms with Gasteiger partial charge in [0.15, 0.2) is 0 Å². The number of aromatic nitrogens is 2. The van der Waals surface area contributed by atoms with E-state index in [1.54, 1.807) is 6.33 Å². The predicted molar refractivity (Wildman–Crippen MR) is 102 cm³/mol. The van der Waals surface area contributed by atoms with Gasteiger partial charge in [0.25, 0.3) is 0 Å². The van der Waals surface area contributed by atoms with Crippen LogP contribution in [0.1, 0.15) is 49.4 Å². The Balaban J connectivity index is 1.39.